The SMILES string of the molecule is [CH2-]OCCCOCCCN.[CH3-].[Y]. The van der Waals surface area contributed by atoms with Crippen LogP contribution >= 0.6 is 0 Å². The topological polar surface area (TPSA) is 44.5 Å². The monoisotopic (exact) mass is 250 g/mol. The maximum Gasteiger partial charge on any atom is 0.0486 e. The first kappa shape index (κ1) is 18.7. The molecule has 0 fully saturated rings. The van der Waals surface area contributed by atoms with Crippen molar-refractivity contribution in [3.05, 3.63) is 14.5 Å². The van der Waals surface area contributed by atoms with Crippen LogP contribution in [0.5, 0.6) is 0 Å². The molecule has 0 aliphatic rings. The fourth-order valence-electron chi connectivity index (χ4n) is 0.551. The number of hydrogen-bond donors (Lipinski definition) is 1. The van der Waals surface area contributed by atoms with Gasteiger partial charge in [-0.25, -0.2) is 7.11 Å². The van der Waals surface area contributed by atoms with Gasteiger partial charge in [0.25, 0.3) is 0 Å². The molecule has 0 saturated heterocycles. The van der Waals surface area contributed by atoms with Crippen LogP contribution in [-0.2, 0) is 42.2 Å². The summed E-state index contributed by atoms with van der Waals surface area (Å²) >= 11 is 0. The molecule has 0 aromatic rings. The molecule has 0 bridgehead atoms. The summed E-state index contributed by atoms with van der Waals surface area (Å²) in [5, 5.41) is 0. The minimum absolute atomic E-state index is 0. The van der Waals surface area contributed by atoms with Crippen LogP contribution in [0.4, 0.5) is 0 Å². The molecule has 0 unspecified atom stereocenters. The Morgan fingerprint density at radius 1 is 1.08 bits per heavy atom. The van der Waals surface area contributed by atoms with Crippen molar-refractivity contribution in [1.29, 1.82) is 0 Å². The van der Waals surface area contributed by atoms with Gasteiger partial charge in [0.05, 0.1) is 0 Å². The molecule has 2 N–H and O–H groups in total. The molecular weight excluding hydrogens is 231 g/mol. The van der Waals surface area contributed by atoms with Crippen molar-refractivity contribution in [3.8, 4) is 0 Å². The molecule has 0 spiro atoms. The summed E-state index contributed by atoms with van der Waals surface area (Å²) in [4.78, 5) is 0. The van der Waals surface area contributed by atoms with Gasteiger partial charge in [0.2, 0.25) is 0 Å². The first-order valence-electron chi connectivity index (χ1n) is 3.56. The van der Waals surface area contributed by atoms with E-state index in [1.54, 1.807) is 0 Å². The Hall–Kier alpha value is 0.984. The second-order valence-electron chi connectivity index (χ2n) is 2.02. The zero-order valence-electron chi connectivity index (χ0n) is 7.92. The predicted molar refractivity (Wildman–Crippen MR) is 46.8 cm³/mol. The van der Waals surface area contributed by atoms with E-state index in [4.69, 9.17) is 10.5 Å². The molecule has 0 amide bonds. The fraction of sp³-hybridized carbons (Fsp3) is 0.750. The average molecular weight is 250 g/mol. The van der Waals surface area contributed by atoms with E-state index in [-0.39, 0.29) is 40.1 Å². The third-order valence-electron chi connectivity index (χ3n) is 1.07. The van der Waals surface area contributed by atoms with Gasteiger partial charge in [-0.05, 0) is 19.4 Å². The second-order valence-corrected chi connectivity index (χ2v) is 2.02. The van der Waals surface area contributed by atoms with Crippen molar-refractivity contribution in [2.75, 3.05) is 26.4 Å². The third-order valence-corrected chi connectivity index (χ3v) is 1.07. The van der Waals surface area contributed by atoms with Crippen LogP contribution in [0.3, 0.4) is 0 Å². The molecule has 0 rings (SSSR count). The first-order chi connectivity index (χ1) is 4.91. The molecule has 12 heavy (non-hydrogen) atoms. The third kappa shape index (κ3) is 17.2. The Kier molecular flexibility index (Phi) is 27.9. The van der Waals surface area contributed by atoms with E-state index in [2.05, 4.69) is 11.8 Å². The van der Waals surface area contributed by atoms with E-state index in [1.165, 1.54) is 0 Å². The maximum absolute atomic E-state index is 5.25. The zero-order valence-corrected chi connectivity index (χ0v) is 10.8. The van der Waals surface area contributed by atoms with Crippen molar-refractivity contribution in [2.24, 2.45) is 5.73 Å². The summed E-state index contributed by atoms with van der Waals surface area (Å²) in [6.07, 6.45) is 1.85. The Labute approximate surface area is 101 Å². The van der Waals surface area contributed by atoms with Crippen molar-refractivity contribution in [3.63, 3.8) is 0 Å². The van der Waals surface area contributed by atoms with Gasteiger partial charge in [-0.1, -0.05) is 0 Å². The van der Waals surface area contributed by atoms with E-state index in [0.717, 1.165) is 26.1 Å². The number of ether oxygens (including phenoxy) is 2. The van der Waals surface area contributed by atoms with Gasteiger partial charge in [-0.3, -0.25) is 0 Å². The van der Waals surface area contributed by atoms with E-state index < -0.39 is 0 Å². The number of nitrogens with two attached hydrogens (primary N) is 1. The van der Waals surface area contributed by atoms with E-state index in [9.17, 15) is 0 Å². The fourth-order valence-corrected chi connectivity index (χ4v) is 0.551. The second kappa shape index (κ2) is 17.9. The summed E-state index contributed by atoms with van der Waals surface area (Å²) in [5.74, 6) is 0. The van der Waals surface area contributed by atoms with Crippen molar-refractivity contribution < 1.29 is 42.2 Å². The predicted octanol–water partition coefficient (Wildman–Crippen LogP) is 0.998. The summed E-state index contributed by atoms with van der Waals surface area (Å²) in [7, 11) is 3.24. The zero-order chi connectivity index (χ0) is 7.66. The molecule has 0 atom stereocenters. The van der Waals surface area contributed by atoms with Crippen LogP contribution in [0.15, 0.2) is 0 Å². The molecule has 0 aromatic carbocycles. The van der Waals surface area contributed by atoms with Crippen LogP contribution in [-0.4, -0.2) is 26.4 Å². The molecule has 0 saturated carbocycles. The molecule has 73 valence electrons. The molecule has 1 radical (unpaired) electrons. The normalized spacial score (nSPS) is 8.50. The molecular formula is C8H19NO2Y-2. The molecule has 0 aromatic heterocycles. The van der Waals surface area contributed by atoms with E-state index in [0.29, 0.717) is 13.2 Å². The van der Waals surface area contributed by atoms with Crippen molar-refractivity contribution >= 4 is 0 Å². The van der Waals surface area contributed by atoms with Gasteiger partial charge < -0.3 is 22.6 Å². The van der Waals surface area contributed by atoms with Crippen LogP contribution in [0.2, 0.25) is 0 Å². The largest absolute Gasteiger partial charge is 0.555 e. The Balaban J connectivity index is -0.000000405. The first-order valence-corrected chi connectivity index (χ1v) is 3.56. The summed E-state index contributed by atoms with van der Waals surface area (Å²) in [6, 6.07) is 0. The Morgan fingerprint density at radius 2 is 1.67 bits per heavy atom. The average Bonchev–Trinajstić information content (AvgIpc) is 1.97. The summed E-state index contributed by atoms with van der Waals surface area (Å²) < 4.78 is 9.78. The van der Waals surface area contributed by atoms with E-state index >= 15 is 0 Å². The van der Waals surface area contributed by atoms with Gasteiger partial charge in [-0.15, -0.1) is 0 Å². The van der Waals surface area contributed by atoms with E-state index in [1.807, 2.05) is 0 Å². The molecule has 0 heterocycles. The standard InChI is InChI=1S/C7H16NO2.CH3.Y/c1-9-5-3-7-10-6-2-4-8;;/h1-8H2;1H3;/q2*-1;. The molecule has 4 heteroatoms. The van der Waals surface area contributed by atoms with Crippen LogP contribution in [0.25, 0.3) is 0 Å². The van der Waals surface area contributed by atoms with Gasteiger partial charge in [0.15, 0.2) is 0 Å². The van der Waals surface area contributed by atoms with Gasteiger partial charge >= 0.3 is 0 Å². The number of rotatable bonds is 7. The summed E-state index contributed by atoms with van der Waals surface area (Å²) in [5.41, 5.74) is 5.25. The van der Waals surface area contributed by atoms with Gasteiger partial charge in [0, 0.05) is 52.5 Å². The van der Waals surface area contributed by atoms with Gasteiger partial charge in [-0.2, -0.15) is 0 Å². The Bertz CT molecular complexity index is 57.0. The molecule has 0 aliphatic carbocycles. The number of hydrogen-bond acceptors (Lipinski definition) is 3. The van der Waals surface area contributed by atoms with Crippen molar-refractivity contribution in [1.82, 2.24) is 0 Å². The van der Waals surface area contributed by atoms with Crippen LogP contribution in [0, 0.1) is 14.5 Å². The molecule has 0 aliphatic heterocycles. The Morgan fingerprint density at radius 3 is 2.17 bits per heavy atom. The smallest absolute Gasteiger partial charge is 0.0486 e. The van der Waals surface area contributed by atoms with Crippen LogP contribution in [0.1, 0.15) is 12.8 Å². The van der Waals surface area contributed by atoms with Crippen LogP contribution < -0.4 is 5.73 Å². The minimum Gasteiger partial charge on any atom is -0.555 e. The quantitative estimate of drug-likeness (QED) is 0.541. The van der Waals surface area contributed by atoms with Gasteiger partial charge in [0.1, 0.15) is 0 Å². The molecule has 3 nitrogen and oxygen atoms in total. The summed E-state index contributed by atoms with van der Waals surface area (Å²) in [6.45, 7) is 2.87. The van der Waals surface area contributed by atoms with Crippen molar-refractivity contribution in [2.45, 2.75) is 12.8 Å². The minimum atomic E-state index is 0. The maximum atomic E-state index is 5.25.